The maximum Gasteiger partial charge on any atom is 0.319 e. The molecule has 0 aliphatic carbocycles. The lowest BCUT2D eigenvalue weighted by Crippen LogP contribution is -2.54. The highest BCUT2D eigenvalue weighted by atomic mass is 32.1. The van der Waals surface area contributed by atoms with Gasteiger partial charge in [0.1, 0.15) is 29.1 Å². The van der Waals surface area contributed by atoms with Crippen LogP contribution in [0.15, 0.2) is 65.9 Å². The van der Waals surface area contributed by atoms with Crippen molar-refractivity contribution in [1.82, 2.24) is 24.8 Å². The zero-order valence-electron chi connectivity index (χ0n) is 28.0. The first-order valence-corrected chi connectivity index (χ1v) is 18.0. The second kappa shape index (κ2) is 13.3. The molecule has 3 aromatic carbocycles. The van der Waals surface area contributed by atoms with Crippen molar-refractivity contribution in [3.8, 4) is 29.5 Å². The van der Waals surface area contributed by atoms with Crippen LogP contribution in [0.1, 0.15) is 36.8 Å². The molecule has 8 nitrogen and oxygen atoms in total. The molecule has 0 bridgehead atoms. The summed E-state index contributed by atoms with van der Waals surface area (Å²) in [4.78, 5) is 32.2. The first kappa shape index (κ1) is 33.2. The molecule has 0 radical (unpaired) electrons. The molecule has 0 spiro atoms. The van der Waals surface area contributed by atoms with E-state index in [2.05, 4.69) is 20.8 Å². The molecular formula is C39H35F3N6O2S. The van der Waals surface area contributed by atoms with Gasteiger partial charge in [0.15, 0.2) is 11.6 Å². The Morgan fingerprint density at radius 3 is 2.75 bits per heavy atom. The van der Waals surface area contributed by atoms with Crippen LogP contribution in [0.4, 0.5) is 19.0 Å². The molecule has 0 saturated carbocycles. The third-order valence-corrected chi connectivity index (χ3v) is 11.2. The van der Waals surface area contributed by atoms with Gasteiger partial charge in [0.05, 0.1) is 5.54 Å². The molecular weight excluding hydrogens is 674 g/mol. The molecule has 5 heterocycles. The summed E-state index contributed by atoms with van der Waals surface area (Å²) in [5.41, 5.74) is 1.23. The lowest BCUT2D eigenvalue weighted by Gasteiger charge is -2.40. The molecule has 260 valence electrons. The number of carbonyl (C=O) groups excluding carboxylic acids is 1. The second-order valence-corrected chi connectivity index (χ2v) is 14.5. The fraction of sp³-hybridized carbons (Fsp3) is 0.333. The predicted octanol–water partition coefficient (Wildman–Crippen LogP) is 7.03. The summed E-state index contributed by atoms with van der Waals surface area (Å²) in [6, 6.07) is 14.5. The zero-order chi connectivity index (χ0) is 35.3. The first-order valence-electron chi connectivity index (χ1n) is 17.1. The number of hydrogen-bond donors (Lipinski definition) is 0. The van der Waals surface area contributed by atoms with E-state index in [-0.39, 0.29) is 37.3 Å². The number of rotatable bonds is 7. The summed E-state index contributed by atoms with van der Waals surface area (Å²) < 4.78 is 52.8. The van der Waals surface area contributed by atoms with Crippen molar-refractivity contribution < 1.29 is 22.7 Å². The Kier molecular flexibility index (Phi) is 8.64. The van der Waals surface area contributed by atoms with E-state index in [1.165, 1.54) is 16.2 Å². The van der Waals surface area contributed by atoms with Crippen LogP contribution in [0.2, 0.25) is 0 Å². The highest BCUT2D eigenvalue weighted by Gasteiger charge is 2.49. The van der Waals surface area contributed by atoms with Crippen LogP contribution in [0, 0.1) is 18.2 Å². The Balaban J connectivity index is 1.18. The quantitative estimate of drug-likeness (QED) is 0.133. The van der Waals surface area contributed by atoms with Crippen LogP contribution in [-0.4, -0.2) is 87.7 Å². The van der Waals surface area contributed by atoms with Crippen molar-refractivity contribution in [1.29, 1.82) is 0 Å². The fourth-order valence-corrected chi connectivity index (χ4v) is 8.59. The molecule has 3 aliphatic heterocycles. The van der Waals surface area contributed by atoms with E-state index < -0.39 is 29.3 Å². The minimum atomic E-state index is -0.934. The Morgan fingerprint density at radius 1 is 1.12 bits per heavy atom. The van der Waals surface area contributed by atoms with Crippen molar-refractivity contribution in [2.45, 2.75) is 43.9 Å². The van der Waals surface area contributed by atoms with E-state index in [1.54, 1.807) is 23.7 Å². The predicted molar refractivity (Wildman–Crippen MR) is 194 cm³/mol. The number of carbonyl (C=O) groups is 1. The molecule has 3 atom stereocenters. The van der Waals surface area contributed by atoms with E-state index in [0.29, 0.717) is 52.4 Å². The van der Waals surface area contributed by atoms with Gasteiger partial charge in [-0.2, -0.15) is 9.97 Å². The number of terminal acetylenes is 1. The number of thiazole rings is 1. The Bertz CT molecular complexity index is 2220. The number of fused-ring (bicyclic) bond motifs is 3. The summed E-state index contributed by atoms with van der Waals surface area (Å²) in [6.07, 6.45) is 9.74. The first-order chi connectivity index (χ1) is 24.7. The van der Waals surface area contributed by atoms with Crippen molar-refractivity contribution >= 4 is 50.8 Å². The molecule has 2 aromatic heterocycles. The van der Waals surface area contributed by atoms with Crippen molar-refractivity contribution in [2.24, 2.45) is 0 Å². The minimum absolute atomic E-state index is 0.0116. The summed E-state index contributed by atoms with van der Waals surface area (Å²) in [5, 5.41) is 4.24. The lowest BCUT2D eigenvalue weighted by atomic mass is 9.93. The van der Waals surface area contributed by atoms with Crippen LogP contribution in [0.25, 0.3) is 38.9 Å². The smallest absolute Gasteiger partial charge is 0.319 e. The molecule has 51 heavy (non-hydrogen) atoms. The lowest BCUT2D eigenvalue weighted by molar-refractivity contribution is -0.129. The van der Waals surface area contributed by atoms with E-state index in [0.717, 1.165) is 36.2 Å². The highest BCUT2D eigenvalue weighted by molar-refractivity contribution is 7.10. The van der Waals surface area contributed by atoms with Gasteiger partial charge in [0, 0.05) is 78.2 Å². The summed E-state index contributed by atoms with van der Waals surface area (Å²) in [5.74, 6) is 1.02. The molecule has 5 aromatic rings. The molecule has 3 fully saturated rings. The van der Waals surface area contributed by atoms with Gasteiger partial charge in [0.2, 0.25) is 0 Å². The Labute approximate surface area is 297 Å². The maximum atomic E-state index is 17.0. The van der Waals surface area contributed by atoms with Gasteiger partial charge in [-0.1, -0.05) is 42.3 Å². The average molecular weight is 709 g/mol. The normalized spacial score (nSPS) is 22.5. The molecule has 12 heteroatoms. The number of aromatic nitrogens is 3. The largest absolute Gasteiger partial charge is 0.461 e. The van der Waals surface area contributed by atoms with Crippen LogP contribution >= 0.6 is 11.3 Å². The third kappa shape index (κ3) is 5.98. The number of ether oxygens (including phenoxy) is 1. The average Bonchev–Trinajstić information content (AvgIpc) is 3.86. The van der Waals surface area contributed by atoms with E-state index in [9.17, 15) is 13.6 Å². The van der Waals surface area contributed by atoms with Crippen LogP contribution in [0.3, 0.4) is 0 Å². The summed E-state index contributed by atoms with van der Waals surface area (Å²) in [7, 11) is 0. The molecule has 1 unspecified atom stereocenters. The van der Waals surface area contributed by atoms with Crippen LogP contribution in [0.5, 0.6) is 6.01 Å². The number of alkyl halides is 1. The Morgan fingerprint density at radius 2 is 1.96 bits per heavy atom. The van der Waals surface area contributed by atoms with Crippen LogP contribution in [-0.2, 0) is 4.79 Å². The Hall–Kier alpha value is -4.99. The summed E-state index contributed by atoms with van der Waals surface area (Å²) in [6.45, 7) is 3.99. The molecule has 0 N–H and O–H groups in total. The topological polar surface area (TPSA) is 74.7 Å². The molecule has 3 saturated heterocycles. The fourth-order valence-electron chi connectivity index (χ4n) is 8.03. The van der Waals surface area contributed by atoms with E-state index >= 15 is 4.39 Å². The van der Waals surface area contributed by atoms with Crippen molar-refractivity contribution in [3.63, 3.8) is 0 Å². The molecule has 1 amide bonds. The van der Waals surface area contributed by atoms with Crippen LogP contribution < -0.4 is 9.64 Å². The summed E-state index contributed by atoms with van der Waals surface area (Å²) >= 11 is 1.24. The van der Waals surface area contributed by atoms with Gasteiger partial charge in [0.25, 0.3) is 5.91 Å². The number of amides is 1. The van der Waals surface area contributed by atoms with Gasteiger partial charge >= 0.3 is 6.01 Å². The second-order valence-electron chi connectivity index (χ2n) is 13.5. The number of benzene rings is 3. The SMILES string of the molecule is C#Cc1cccc2cccc(-c3ccc4c(N5CCN(C(=O)/C(F)=C/c6nccs6)C[C@@H]5C)nc(OC[C@@]56CCCN5CC(F)C6)nc4c3F)c12. The van der Waals surface area contributed by atoms with E-state index in [1.807, 2.05) is 48.2 Å². The van der Waals surface area contributed by atoms with Crippen molar-refractivity contribution in [2.75, 3.05) is 44.2 Å². The van der Waals surface area contributed by atoms with Gasteiger partial charge in [-0.15, -0.1) is 17.8 Å². The number of halogens is 3. The highest BCUT2D eigenvalue weighted by Crippen LogP contribution is 2.41. The van der Waals surface area contributed by atoms with Gasteiger partial charge < -0.3 is 14.5 Å². The monoisotopic (exact) mass is 708 g/mol. The third-order valence-electron chi connectivity index (χ3n) is 10.4. The van der Waals surface area contributed by atoms with Gasteiger partial charge in [-0.25, -0.2) is 18.2 Å². The number of anilines is 1. The number of nitrogens with zero attached hydrogens (tertiary/aromatic N) is 6. The van der Waals surface area contributed by atoms with Gasteiger partial charge in [-0.05, 0) is 49.4 Å². The molecule has 3 aliphatic rings. The number of hydrogen-bond acceptors (Lipinski definition) is 8. The van der Waals surface area contributed by atoms with Crippen molar-refractivity contribution in [3.05, 3.63) is 82.3 Å². The number of piperazine rings is 1. The minimum Gasteiger partial charge on any atom is -0.461 e. The zero-order valence-corrected chi connectivity index (χ0v) is 28.8. The van der Waals surface area contributed by atoms with Gasteiger partial charge in [-0.3, -0.25) is 9.69 Å². The molecule has 8 rings (SSSR count). The van der Waals surface area contributed by atoms with E-state index in [4.69, 9.17) is 16.1 Å². The maximum absolute atomic E-state index is 17.0. The standard InChI is InChI=1S/C39H35F3N6O2S/c1-3-25-7-4-8-26-9-5-10-28(33(25)26)29-11-12-30-35(34(29)42)44-38(50-23-39-13-6-15-47(39)22-27(40)20-39)45-36(30)48-17-16-46(21-24(48)2)37(49)31(41)19-32-43-14-18-51-32/h1,4-5,7-12,14,18-19,24,27H,6,13,15-17,20-23H2,2H3/b31-19-/t24-,27?,39-/m0/s1.